The topological polar surface area (TPSA) is 24.5 Å². The first-order chi connectivity index (χ1) is 7.47. The van der Waals surface area contributed by atoms with E-state index in [-0.39, 0.29) is 6.61 Å². The summed E-state index contributed by atoms with van der Waals surface area (Å²) in [5.41, 5.74) is 0. The maximum absolute atomic E-state index is 11.7. The maximum Gasteiger partial charge on any atom is 0.411 e. The Morgan fingerprint density at radius 3 is 2.50 bits per heavy atom. The summed E-state index contributed by atoms with van der Waals surface area (Å²) in [5, 5.41) is 3.21. The molecule has 0 amide bonds. The third kappa shape index (κ3) is 6.30. The van der Waals surface area contributed by atoms with Crippen molar-refractivity contribution in [1.29, 1.82) is 0 Å². The second-order valence-electron chi connectivity index (χ2n) is 4.20. The van der Waals surface area contributed by atoms with Crippen LogP contribution in [0, 0.1) is 0 Å². The number of halogens is 3. The molecule has 0 unspecified atom stereocenters. The monoisotopic (exact) mass is 240 g/mol. The van der Waals surface area contributed by atoms with Crippen molar-refractivity contribution in [2.45, 2.75) is 25.1 Å². The number of nitrogens with zero attached hydrogens (tertiary/aromatic N) is 1. The SMILES string of the molecule is CN1CCC(NCCOCC(F)(F)F)CC1. The molecule has 0 saturated carbocycles. The molecule has 1 rings (SSSR count). The van der Waals surface area contributed by atoms with Crippen LogP contribution >= 0.6 is 0 Å². The van der Waals surface area contributed by atoms with E-state index in [9.17, 15) is 13.2 Å². The molecular weight excluding hydrogens is 221 g/mol. The second-order valence-corrected chi connectivity index (χ2v) is 4.20. The van der Waals surface area contributed by atoms with Gasteiger partial charge in [0.1, 0.15) is 6.61 Å². The standard InChI is InChI=1S/C10H19F3N2O/c1-15-5-2-9(3-6-15)14-4-7-16-8-10(11,12)13/h9,14H,2-8H2,1H3. The number of nitrogens with one attached hydrogen (secondary N) is 1. The molecule has 0 bridgehead atoms. The molecule has 16 heavy (non-hydrogen) atoms. The van der Waals surface area contributed by atoms with Crippen LogP contribution < -0.4 is 5.32 Å². The van der Waals surface area contributed by atoms with Gasteiger partial charge in [0, 0.05) is 12.6 Å². The zero-order valence-electron chi connectivity index (χ0n) is 9.52. The second kappa shape index (κ2) is 6.42. The highest BCUT2D eigenvalue weighted by molar-refractivity contribution is 4.75. The summed E-state index contributed by atoms with van der Waals surface area (Å²) in [6, 6.07) is 0.422. The average Bonchev–Trinajstić information content (AvgIpc) is 2.19. The van der Waals surface area contributed by atoms with Crippen LogP contribution in [0.4, 0.5) is 13.2 Å². The summed E-state index contributed by atoms with van der Waals surface area (Å²) in [5.74, 6) is 0. The minimum Gasteiger partial charge on any atom is -0.371 e. The quantitative estimate of drug-likeness (QED) is 0.732. The van der Waals surface area contributed by atoms with Crippen LogP contribution in [0.15, 0.2) is 0 Å². The zero-order valence-corrected chi connectivity index (χ0v) is 9.52. The predicted octanol–water partition coefficient (Wildman–Crippen LogP) is 1.25. The summed E-state index contributed by atoms with van der Waals surface area (Å²) in [6.45, 7) is 1.54. The molecule has 0 radical (unpaired) electrons. The largest absolute Gasteiger partial charge is 0.411 e. The van der Waals surface area contributed by atoms with Gasteiger partial charge in [-0.1, -0.05) is 0 Å². The van der Waals surface area contributed by atoms with E-state index in [1.165, 1.54) is 0 Å². The Labute approximate surface area is 93.9 Å². The van der Waals surface area contributed by atoms with E-state index < -0.39 is 12.8 Å². The zero-order chi connectivity index (χ0) is 12.0. The van der Waals surface area contributed by atoms with Crippen molar-refractivity contribution in [1.82, 2.24) is 10.2 Å². The highest BCUT2D eigenvalue weighted by Gasteiger charge is 2.27. The minimum atomic E-state index is -4.21. The molecule has 6 heteroatoms. The number of likely N-dealkylation sites (tertiary alicyclic amines) is 1. The molecule has 0 spiro atoms. The lowest BCUT2D eigenvalue weighted by atomic mass is 10.1. The van der Waals surface area contributed by atoms with Gasteiger partial charge in [0.25, 0.3) is 0 Å². The molecule has 1 aliphatic rings. The number of rotatable bonds is 5. The summed E-state index contributed by atoms with van der Waals surface area (Å²) in [6.07, 6.45) is -2.11. The Morgan fingerprint density at radius 2 is 1.94 bits per heavy atom. The number of hydrogen-bond acceptors (Lipinski definition) is 3. The fourth-order valence-electron chi connectivity index (χ4n) is 1.74. The van der Waals surface area contributed by atoms with Crippen LogP contribution in [0.25, 0.3) is 0 Å². The van der Waals surface area contributed by atoms with Crippen LogP contribution in [0.1, 0.15) is 12.8 Å². The lowest BCUT2D eigenvalue weighted by Crippen LogP contribution is -2.42. The van der Waals surface area contributed by atoms with Crippen molar-refractivity contribution in [3.8, 4) is 0 Å². The minimum absolute atomic E-state index is 0.117. The number of ether oxygens (including phenoxy) is 1. The lowest BCUT2D eigenvalue weighted by molar-refractivity contribution is -0.173. The average molecular weight is 240 g/mol. The van der Waals surface area contributed by atoms with Gasteiger partial charge in [-0.05, 0) is 33.0 Å². The molecule has 1 fully saturated rings. The Balaban J connectivity index is 1.95. The van der Waals surface area contributed by atoms with Crippen molar-refractivity contribution in [2.75, 3.05) is 39.9 Å². The van der Waals surface area contributed by atoms with Gasteiger partial charge in [0.05, 0.1) is 6.61 Å². The fourth-order valence-corrected chi connectivity index (χ4v) is 1.74. The first-order valence-corrected chi connectivity index (χ1v) is 5.54. The van der Waals surface area contributed by atoms with E-state index in [0.29, 0.717) is 12.6 Å². The summed E-state index contributed by atoms with van der Waals surface area (Å²) >= 11 is 0. The summed E-state index contributed by atoms with van der Waals surface area (Å²) in [7, 11) is 2.07. The molecule has 0 atom stereocenters. The van der Waals surface area contributed by atoms with E-state index >= 15 is 0 Å². The molecule has 0 aromatic carbocycles. The predicted molar refractivity (Wildman–Crippen MR) is 55.4 cm³/mol. The Bertz CT molecular complexity index is 191. The molecule has 1 saturated heterocycles. The highest BCUT2D eigenvalue weighted by Crippen LogP contribution is 2.14. The Kier molecular flexibility index (Phi) is 5.51. The van der Waals surface area contributed by atoms with E-state index in [1.54, 1.807) is 0 Å². The molecule has 1 heterocycles. The van der Waals surface area contributed by atoms with E-state index in [1.807, 2.05) is 0 Å². The Morgan fingerprint density at radius 1 is 1.31 bits per heavy atom. The Hall–Kier alpha value is -0.330. The van der Waals surface area contributed by atoms with E-state index in [0.717, 1.165) is 25.9 Å². The number of piperidine rings is 1. The van der Waals surface area contributed by atoms with Crippen molar-refractivity contribution in [3.05, 3.63) is 0 Å². The molecule has 0 aromatic heterocycles. The van der Waals surface area contributed by atoms with Crippen molar-refractivity contribution in [2.24, 2.45) is 0 Å². The fraction of sp³-hybridized carbons (Fsp3) is 1.00. The van der Waals surface area contributed by atoms with Gasteiger partial charge in [-0.2, -0.15) is 13.2 Å². The van der Waals surface area contributed by atoms with Crippen LogP contribution in [0.2, 0.25) is 0 Å². The highest BCUT2D eigenvalue weighted by atomic mass is 19.4. The van der Waals surface area contributed by atoms with Crippen LogP contribution in [-0.4, -0.2) is 57.0 Å². The van der Waals surface area contributed by atoms with Gasteiger partial charge in [0.2, 0.25) is 0 Å². The van der Waals surface area contributed by atoms with Gasteiger partial charge in [-0.3, -0.25) is 0 Å². The van der Waals surface area contributed by atoms with E-state index in [2.05, 4.69) is 22.0 Å². The van der Waals surface area contributed by atoms with Gasteiger partial charge in [-0.15, -0.1) is 0 Å². The van der Waals surface area contributed by atoms with Crippen molar-refractivity contribution >= 4 is 0 Å². The first-order valence-electron chi connectivity index (χ1n) is 5.54. The van der Waals surface area contributed by atoms with E-state index in [4.69, 9.17) is 0 Å². The summed E-state index contributed by atoms with van der Waals surface area (Å²) < 4.78 is 39.7. The normalized spacial score (nSPS) is 20.2. The van der Waals surface area contributed by atoms with Gasteiger partial charge in [-0.25, -0.2) is 0 Å². The van der Waals surface area contributed by atoms with Gasteiger partial charge in [0.15, 0.2) is 0 Å². The third-order valence-corrected chi connectivity index (χ3v) is 2.66. The molecular formula is C10H19F3N2O. The van der Waals surface area contributed by atoms with Gasteiger partial charge >= 0.3 is 6.18 Å². The van der Waals surface area contributed by atoms with Crippen LogP contribution in [0.3, 0.4) is 0 Å². The summed E-state index contributed by atoms with van der Waals surface area (Å²) in [4.78, 5) is 2.25. The molecule has 1 aliphatic heterocycles. The van der Waals surface area contributed by atoms with Crippen LogP contribution in [0.5, 0.6) is 0 Å². The molecule has 0 aromatic rings. The third-order valence-electron chi connectivity index (χ3n) is 2.66. The molecule has 1 N–H and O–H groups in total. The smallest absolute Gasteiger partial charge is 0.371 e. The van der Waals surface area contributed by atoms with Crippen LogP contribution in [-0.2, 0) is 4.74 Å². The molecule has 0 aliphatic carbocycles. The molecule has 96 valence electrons. The van der Waals surface area contributed by atoms with Crippen molar-refractivity contribution < 1.29 is 17.9 Å². The van der Waals surface area contributed by atoms with Crippen molar-refractivity contribution in [3.63, 3.8) is 0 Å². The number of alkyl halides is 3. The van der Waals surface area contributed by atoms with Gasteiger partial charge < -0.3 is 15.0 Å². The molecule has 3 nitrogen and oxygen atoms in total. The first kappa shape index (κ1) is 13.7. The number of hydrogen-bond donors (Lipinski definition) is 1. The lowest BCUT2D eigenvalue weighted by Gasteiger charge is -2.29. The maximum atomic E-state index is 11.7.